The van der Waals surface area contributed by atoms with Crippen molar-refractivity contribution in [1.29, 1.82) is 0 Å². The second-order valence-electron chi connectivity index (χ2n) is 5.42. The molecule has 1 nitrogen and oxygen atoms in total. The van der Waals surface area contributed by atoms with Gasteiger partial charge < -0.3 is 0 Å². The number of ketones is 1. The lowest BCUT2D eigenvalue weighted by molar-refractivity contribution is -0.112. The normalized spacial score (nSPS) is 20.7. The SMILES string of the molecule is CC(=O)/C=C/C1=C(C(C)C)CCC1(C)C. The fraction of sp³-hybridized carbons (Fsp3) is 0.643. The highest BCUT2D eigenvalue weighted by atomic mass is 16.1. The highest BCUT2D eigenvalue weighted by Crippen LogP contribution is 2.45. The van der Waals surface area contributed by atoms with E-state index in [0.717, 1.165) is 0 Å². The van der Waals surface area contributed by atoms with Gasteiger partial charge in [0, 0.05) is 0 Å². The molecule has 1 aliphatic carbocycles. The first-order valence-electron chi connectivity index (χ1n) is 5.77. The summed E-state index contributed by atoms with van der Waals surface area (Å²) in [7, 11) is 0. The van der Waals surface area contributed by atoms with Crippen LogP contribution in [0.3, 0.4) is 0 Å². The highest BCUT2D eigenvalue weighted by molar-refractivity contribution is 5.87. The molecule has 0 aromatic heterocycles. The van der Waals surface area contributed by atoms with Crippen LogP contribution in [-0.2, 0) is 4.79 Å². The van der Waals surface area contributed by atoms with Crippen molar-refractivity contribution >= 4 is 5.78 Å². The van der Waals surface area contributed by atoms with Crippen LogP contribution < -0.4 is 0 Å². The van der Waals surface area contributed by atoms with Gasteiger partial charge in [-0.25, -0.2) is 0 Å². The van der Waals surface area contributed by atoms with Crippen LogP contribution in [0.25, 0.3) is 0 Å². The maximum atomic E-state index is 11.0. The van der Waals surface area contributed by atoms with Crippen molar-refractivity contribution < 1.29 is 4.79 Å². The molecule has 0 spiro atoms. The first-order valence-corrected chi connectivity index (χ1v) is 5.77. The van der Waals surface area contributed by atoms with Gasteiger partial charge in [0.05, 0.1) is 0 Å². The van der Waals surface area contributed by atoms with Crippen molar-refractivity contribution in [3.05, 3.63) is 23.3 Å². The molecule has 0 unspecified atom stereocenters. The molecule has 0 aromatic carbocycles. The van der Waals surface area contributed by atoms with E-state index in [9.17, 15) is 4.79 Å². The fourth-order valence-corrected chi connectivity index (χ4v) is 2.28. The Morgan fingerprint density at radius 2 is 2.00 bits per heavy atom. The van der Waals surface area contributed by atoms with Crippen LogP contribution in [0.2, 0.25) is 0 Å². The minimum absolute atomic E-state index is 0.133. The van der Waals surface area contributed by atoms with Crippen molar-refractivity contribution in [2.75, 3.05) is 0 Å². The minimum Gasteiger partial charge on any atom is -0.295 e. The summed E-state index contributed by atoms with van der Waals surface area (Å²) >= 11 is 0. The summed E-state index contributed by atoms with van der Waals surface area (Å²) in [4.78, 5) is 11.0. The molecule has 0 aliphatic heterocycles. The van der Waals surface area contributed by atoms with E-state index in [4.69, 9.17) is 0 Å². The van der Waals surface area contributed by atoms with Crippen LogP contribution in [0.4, 0.5) is 0 Å². The number of hydrogen-bond donors (Lipinski definition) is 0. The molecular formula is C14H22O. The van der Waals surface area contributed by atoms with E-state index in [1.54, 1.807) is 13.0 Å². The largest absolute Gasteiger partial charge is 0.295 e. The number of rotatable bonds is 3. The third kappa shape index (κ3) is 2.80. The molecule has 15 heavy (non-hydrogen) atoms. The van der Waals surface area contributed by atoms with Crippen LogP contribution >= 0.6 is 0 Å². The predicted octanol–water partition coefficient (Wildman–Crippen LogP) is 3.90. The van der Waals surface area contributed by atoms with E-state index in [-0.39, 0.29) is 11.2 Å². The number of carbonyl (C=O) groups excluding carboxylic acids is 1. The Balaban J connectivity index is 3.04. The zero-order chi connectivity index (χ0) is 11.6. The molecule has 0 bridgehead atoms. The Labute approximate surface area is 93.3 Å². The van der Waals surface area contributed by atoms with Crippen LogP contribution in [0.5, 0.6) is 0 Å². The van der Waals surface area contributed by atoms with Crippen molar-refractivity contribution in [3.8, 4) is 0 Å². The maximum absolute atomic E-state index is 11.0. The summed E-state index contributed by atoms with van der Waals surface area (Å²) < 4.78 is 0. The molecule has 0 aromatic rings. The molecule has 1 heteroatoms. The molecule has 0 radical (unpaired) electrons. The van der Waals surface area contributed by atoms with E-state index in [2.05, 4.69) is 27.7 Å². The molecule has 1 rings (SSSR count). The molecule has 0 amide bonds. The summed E-state index contributed by atoms with van der Waals surface area (Å²) in [5.74, 6) is 0.728. The second-order valence-corrected chi connectivity index (χ2v) is 5.42. The zero-order valence-electron chi connectivity index (χ0n) is 10.6. The molecule has 1 aliphatic rings. The highest BCUT2D eigenvalue weighted by Gasteiger charge is 2.31. The molecule has 0 atom stereocenters. The Morgan fingerprint density at radius 3 is 2.47 bits per heavy atom. The van der Waals surface area contributed by atoms with Crippen LogP contribution in [0.15, 0.2) is 23.3 Å². The van der Waals surface area contributed by atoms with Crippen molar-refractivity contribution in [2.24, 2.45) is 11.3 Å². The Bertz CT molecular complexity index is 316. The number of carbonyl (C=O) groups is 1. The van der Waals surface area contributed by atoms with E-state index >= 15 is 0 Å². The zero-order valence-corrected chi connectivity index (χ0v) is 10.6. The predicted molar refractivity (Wildman–Crippen MR) is 64.7 cm³/mol. The van der Waals surface area contributed by atoms with Gasteiger partial charge in [-0.15, -0.1) is 0 Å². The van der Waals surface area contributed by atoms with Crippen LogP contribution in [0.1, 0.15) is 47.5 Å². The van der Waals surface area contributed by atoms with Crippen molar-refractivity contribution in [2.45, 2.75) is 47.5 Å². The van der Waals surface area contributed by atoms with Gasteiger partial charge in [0.2, 0.25) is 0 Å². The Kier molecular flexibility index (Phi) is 3.54. The maximum Gasteiger partial charge on any atom is 0.152 e. The van der Waals surface area contributed by atoms with Gasteiger partial charge in [-0.05, 0) is 42.7 Å². The van der Waals surface area contributed by atoms with Gasteiger partial charge in [0.15, 0.2) is 5.78 Å². The third-order valence-corrected chi connectivity index (χ3v) is 3.28. The summed E-state index contributed by atoms with van der Waals surface area (Å²) in [6.45, 7) is 10.6. The van der Waals surface area contributed by atoms with Gasteiger partial charge in [-0.3, -0.25) is 4.79 Å². The first-order chi connectivity index (χ1) is 6.84. The molecule has 0 saturated heterocycles. The van der Waals surface area contributed by atoms with Gasteiger partial charge in [-0.1, -0.05) is 39.3 Å². The average molecular weight is 206 g/mol. The molecule has 84 valence electrons. The second kappa shape index (κ2) is 4.34. The number of hydrogen-bond acceptors (Lipinski definition) is 1. The minimum atomic E-state index is 0.133. The van der Waals surface area contributed by atoms with E-state index in [0.29, 0.717) is 5.92 Å². The summed E-state index contributed by atoms with van der Waals surface area (Å²) in [6, 6.07) is 0. The summed E-state index contributed by atoms with van der Waals surface area (Å²) in [5, 5.41) is 0. The summed E-state index contributed by atoms with van der Waals surface area (Å²) in [5.41, 5.74) is 3.15. The van der Waals surface area contributed by atoms with Crippen LogP contribution in [-0.4, -0.2) is 5.78 Å². The third-order valence-electron chi connectivity index (χ3n) is 3.28. The van der Waals surface area contributed by atoms with Gasteiger partial charge in [0.1, 0.15) is 0 Å². The Morgan fingerprint density at radius 1 is 1.40 bits per heavy atom. The fourth-order valence-electron chi connectivity index (χ4n) is 2.28. The lowest BCUT2D eigenvalue weighted by Gasteiger charge is -2.20. The van der Waals surface area contributed by atoms with E-state index in [1.165, 1.54) is 24.0 Å². The standard InChI is InChI=1S/C14H22O/c1-10(2)12-8-9-14(4,5)13(12)7-6-11(3)15/h6-7,10H,8-9H2,1-5H3/b7-6+. The van der Waals surface area contributed by atoms with Gasteiger partial charge >= 0.3 is 0 Å². The molecule has 0 fully saturated rings. The van der Waals surface area contributed by atoms with Crippen LogP contribution in [0, 0.1) is 11.3 Å². The average Bonchev–Trinajstić information content (AvgIpc) is 2.37. The smallest absolute Gasteiger partial charge is 0.152 e. The monoisotopic (exact) mass is 206 g/mol. The quantitative estimate of drug-likeness (QED) is 0.640. The topological polar surface area (TPSA) is 17.1 Å². The summed E-state index contributed by atoms with van der Waals surface area (Å²) in [6.07, 6.45) is 6.12. The lowest BCUT2D eigenvalue weighted by atomic mass is 9.84. The Hall–Kier alpha value is -0.850. The van der Waals surface area contributed by atoms with E-state index in [1.807, 2.05) is 6.08 Å². The van der Waals surface area contributed by atoms with E-state index < -0.39 is 0 Å². The molecule has 0 saturated carbocycles. The molecular weight excluding hydrogens is 184 g/mol. The molecule has 0 heterocycles. The van der Waals surface area contributed by atoms with Gasteiger partial charge in [0.25, 0.3) is 0 Å². The molecule has 0 N–H and O–H groups in total. The van der Waals surface area contributed by atoms with Crippen molar-refractivity contribution in [1.82, 2.24) is 0 Å². The van der Waals surface area contributed by atoms with Crippen molar-refractivity contribution in [3.63, 3.8) is 0 Å². The lowest BCUT2D eigenvalue weighted by Crippen LogP contribution is -2.09. The first kappa shape index (κ1) is 12.2. The number of allylic oxidation sites excluding steroid dienone is 4. The van der Waals surface area contributed by atoms with Gasteiger partial charge in [-0.2, -0.15) is 0 Å².